The maximum Gasteiger partial charge on any atom is 0.224 e. The Morgan fingerprint density at radius 1 is 1.39 bits per heavy atom. The van der Waals surface area contributed by atoms with Crippen LogP contribution in [-0.4, -0.2) is 26.0 Å². The second-order valence-corrected chi connectivity index (χ2v) is 4.61. The van der Waals surface area contributed by atoms with Crippen molar-refractivity contribution in [1.29, 1.82) is 0 Å². The third-order valence-corrected chi connectivity index (χ3v) is 3.37. The number of carbonyl (C=O) groups excluding carboxylic acids is 1. The third-order valence-electron chi connectivity index (χ3n) is 3.37. The second kappa shape index (κ2) is 5.98. The summed E-state index contributed by atoms with van der Waals surface area (Å²) < 4.78 is 0. The van der Waals surface area contributed by atoms with Crippen molar-refractivity contribution in [3.63, 3.8) is 0 Å². The average molecular weight is 247 g/mol. The molecule has 1 unspecified atom stereocenters. The maximum atomic E-state index is 11.3. The molecular weight excluding hydrogens is 226 g/mol. The second-order valence-electron chi connectivity index (χ2n) is 4.61. The lowest BCUT2D eigenvalue weighted by Gasteiger charge is -2.21. The van der Waals surface area contributed by atoms with Crippen molar-refractivity contribution in [3.05, 3.63) is 29.3 Å². The molecule has 2 rings (SSSR count). The molecule has 0 saturated heterocycles. The number of fused-ring (bicyclic) bond motifs is 1. The number of hydrogen-bond acceptors (Lipinski definition) is 3. The minimum absolute atomic E-state index is 0.119. The van der Waals surface area contributed by atoms with Crippen LogP contribution in [0.1, 0.15) is 30.5 Å². The summed E-state index contributed by atoms with van der Waals surface area (Å²) in [7, 11) is 1.98. The van der Waals surface area contributed by atoms with Gasteiger partial charge in [0.2, 0.25) is 5.91 Å². The van der Waals surface area contributed by atoms with Gasteiger partial charge in [-0.3, -0.25) is 4.79 Å². The zero-order valence-corrected chi connectivity index (χ0v) is 11.0. The molecule has 1 aromatic carbocycles. The van der Waals surface area contributed by atoms with E-state index in [-0.39, 0.29) is 5.91 Å². The number of rotatable bonds is 5. The predicted octanol–water partition coefficient (Wildman–Crippen LogP) is 1.44. The SMILES string of the molecule is CCNCC(NC)c1ccc2c(c1)CCC(=O)N2. The quantitative estimate of drug-likeness (QED) is 0.738. The van der Waals surface area contributed by atoms with Crippen LogP contribution >= 0.6 is 0 Å². The fraction of sp³-hybridized carbons (Fsp3) is 0.500. The molecule has 0 aliphatic carbocycles. The van der Waals surface area contributed by atoms with E-state index in [1.54, 1.807) is 0 Å². The van der Waals surface area contributed by atoms with Gasteiger partial charge in [-0.05, 0) is 37.2 Å². The molecule has 4 nitrogen and oxygen atoms in total. The molecule has 0 bridgehead atoms. The van der Waals surface area contributed by atoms with Gasteiger partial charge in [-0.15, -0.1) is 0 Å². The summed E-state index contributed by atoms with van der Waals surface area (Å²) >= 11 is 0. The highest BCUT2D eigenvalue weighted by Crippen LogP contribution is 2.25. The van der Waals surface area contributed by atoms with E-state index in [0.717, 1.165) is 25.2 Å². The summed E-state index contributed by atoms with van der Waals surface area (Å²) in [5.74, 6) is 0.119. The molecule has 1 aliphatic heterocycles. The molecule has 1 heterocycles. The molecule has 0 spiro atoms. The number of carbonyl (C=O) groups is 1. The van der Waals surface area contributed by atoms with E-state index in [2.05, 4.69) is 35.0 Å². The number of aryl methyl sites for hydroxylation is 1. The predicted molar refractivity (Wildman–Crippen MR) is 73.7 cm³/mol. The van der Waals surface area contributed by atoms with Gasteiger partial charge in [0.05, 0.1) is 0 Å². The first-order valence-corrected chi connectivity index (χ1v) is 6.55. The minimum atomic E-state index is 0.119. The molecule has 0 saturated carbocycles. The largest absolute Gasteiger partial charge is 0.326 e. The number of hydrogen-bond donors (Lipinski definition) is 3. The van der Waals surface area contributed by atoms with Gasteiger partial charge in [-0.1, -0.05) is 19.1 Å². The van der Waals surface area contributed by atoms with E-state index < -0.39 is 0 Å². The van der Waals surface area contributed by atoms with Crippen LogP contribution in [-0.2, 0) is 11.2 Å². The summed E-state index contributed by atoms with van der Waals surface area (Å²) in [5, 5.41) is 9.58. The Balaban J connectivity index is 2.16. The fourth-order valence-electron chi connectivity index (χ4n) is 2.30. The first-order chi connectivity index (χ1) is 8.74. The van der Waals surface area contributed by atoms with Gasteiger partial charge in [-0.2, -0.15) is 0 Å². The van der Waals surface area contributed by atoms with Gasteiger partial charge in [0.1, 0.15) is 0 Å². The molecule has 0 fully saturated rings. The van der Waals surface area contributed by atoms with Gasteiger partial charge >= 0.3 is 0 Å². The Hall–Kier alpha value is -1.39. The van der Waals surface area contributed by atoms with E-state index in [9.17, 15) is 4.79 Å². The molecule has 1 aromatic rings. The van der Waals surface area contributed by atoms with Crippen LogP contribution in [0.4, 0.5) is 5.69 Å². The molecule has 1 amide bonds. The van der Waals surface area contributed by atoms with Crippen LogP contribution in [0.3, 0.4) is 0 Å². The molecule has 1 atom stereocenters. The molecule has 0 aromatic heterocycles. The van der Waals surface area contributed by atoms with E-state index in [1.807, 2.05) is 13.1 Å². The van der Waals surface area contributed by atoms with Crippen molar-refractivity contribution in [2.24, 2.45) is 0 Å². The van der Waals surface area contributed by atoms with E-state index in [4.69, 9.17) is 0 Å². The summed E-state index contributed by atoms with van der Waals surface area (Å²) in [6.07, 6.45) is 1.43. The molecule has 18 heavy (non-hydrogen) atoms. The van der Waals surface area contributed by atoms with Crippen LogP contribution in [0.5, 0.6) is 0 Å². The van der Waals surface area contributed by atoms with Crippen molar-refractivity contribution in [1.82, 2.24) is 10.6 Å². The highest BCUT2D eigenvalue weighted by molar-refractivity contribution is 5.93. The summed E-state index contributed by atoms with van der Waals surface area (Å²) in [6.45, 7) is 3.99. The standard InChI is InChI=1S/C14H21N3O/c1-3-16-9-13(15-2)11-4-6-12-10(8-11)5-7-14(18)17-12/h4,6,8,13,15-16H,3,5,7,9H2,1-2H3,(H,17,18). The molecular formula is C14H21N3O. The van der Waals surface area contributed by atoms with Gasteiger partial charge in [0, 0.05) is 24.7 Å². The molecule has 4 heteroatoms. The zero-order chi connectivity index (χ0) is 13.0. The number of anilines is 1. The summed E-state index contributed by atoms with van der Waals surface area (Å²) in [6, 6.07) is 6.61. The lowest BCUT2D eigenvalue weighted by Crippen LogP contribution is -2.29. The number of benzene rings is 1. The normalized spacial score (nSPS) is 16.0. The monoisotopic (exact) mass is 247 g/mol. The van der Waals surface area contributed by atoms with E-state index in [0.29, 0.717) is 12.5 Å². The van der Waals surface area contributed by atoms with Crippen molar-refractivity contribution in [2.45, 2.75) is 25.8 Å². The van der Waals surface area contributed by atoms with Crippen LogP contribution in [0.2, 0.25) is 0 Å². The van der Waals surface area contributed by atoms with Gasteiger partial charge < -0.3 is 16.0 Å². The summed E-state index contributed by atoms with van der Waals surface area (Å²) in [5.41, 5.74) is 3.48. The number of likely N-dealkylation sites (N-methyl/N-ethyl adjacent to an activating group) is 2. The summed E-state index contributed by atoms with van der Waals surface area (Å²) in [4.78, 5) is 11.3. The van der Waals surface area contributed by atoms with Gasteiger partial charge in [0.15, 0.2) is 0 Å². The Morgan fingerprint density at radius 2 is 2.22 bits per heavy atom. The molecule has 0 radical (unpaired) electrons. The maximum absolute atomic E-state index is 11.3. The Bertz CT molecular complexity index is 431. The van der Waals surface area contributed by atoms with Crippen molar-refractivity contribution in [3.8, 4) is 0 Å². The van der Waals surface area contributed by atoms with Crippen LogP contribution in [0.15, 0.2) is 18.2 Å². The zero-order valence-electron chi connectivity index (χ0n) is 11.0. The average Bonchev–Trinajstić information content (AvgIpc) is 2.39. The Morgan fingerprint density at radius 3 is 2.94 bits per heavy atom. The van der Waals surface area contributed by atoms with E-state index >= 15 is 0 Å². The number of nitrogens with one attached hydrogen (secondary N) is 3. The van der Waals surface area contributed by atoms with E-state index in [1.165, 1.54) is 11.1 Å². The molecule has 98 valence electrons. The van der Waals surface area contributed by atoms with Crippen molar-refractivity contribution >= 4 is 11.6 Å². The van der Waals surface area contributed by atoms with Crippen LogP contribution in [0.25, 0.3) is 0 Å². The van der Waals surface area contributed by atoms with Crippen LogP contribution in [0, 0.1) is 0 Å². The first kappa shape index (κ1) is 13.1. The highest BCUT2D eigenvalue weighted by atomic mass is 16.1. The highest BCUT2D eigenvalue weighted by Gasteiger charge is 2.16. The van der Waals surface area contributed by atoms with Crippen molar-refractivity contribution in [2.75, 3.05) is 25.5 Å². The Labute approximate surface area is 108 Å². The lowest BCUT2D eigenvalue weighted by molar-refractivity contribution is -0.116. The lowest BCUT2D eigenvalue weighted by atomic mass is 9.97. The third kappa shape index (κ3) is 2.89. The number of amides is 1. The first-order valence-electron chi connectivity index (χ1n) is 6.55. The molecule has 1 aliphatic rings. The topological polar surface area (TPSA) is 53.2 Å². The fourth-order valence-corrected chi connectivity index (χ4v) is 2.30. The van der Waals surface area contributed by atoms with Crippen LogP contribution < -0.4 is 16.0 Å². The molecule has 3 N–H and O–H groups in total. The van der Waals surface area contributed by atoms with Crippen molar-refractivity contribution < 1.29 is 4.79 Å². The minimum Gasteiger partial charge on any atom is -0.326 e. The van der Waals surface area contributed by atoms with Gasteiger partial charge in [0.25, 0.3) is 0 Å². The van der Waals surface area contributed by atoms with Gasteiger partial charge in [-0.25, -0.2) is 0 Å². The smallest absolute Gasteiger partial charge is 0.224 e. The Kier molecular flexibility index (Phi) is 4.33.